The van der Waals surface area contributed by atoms with Crippen LogP contribution in [0.15, 0.2) is 0 Å². The molecule has 0 radical (unpaired) electrons. The molecule has 0 aromatic rings. The first kappa shape index (κ1) is 7.24. The zero-order valence-electron chi connectivity index (χ0n) is 8.32. The lowest BCUT2D eigenvalue weighted by molar-refractivity contribution is -0.252. The maximum Gasteiger partial charge on any atom is 0.174 e. The lowest BCUT2D eigenvalue weighted by Crippen LogP contribution is -2.51. The maximum atomic E-state index is 6.02. The van der Waals surface area contributed by atoms with Crippen molar-refractivity contribution >= 4 is 0 Å². The van der Waals surface area contributed by atoms with Crippen LogP contribution in [-0.4, -0.2) is 19.0 Å². The van der Waals surface area contributed by atoms with Gasteiger partial charge in [-0.15, -0.1) is 0 Å². The largest absolute Gasteiger partial charge is 0.347 e. The van der Waals surface area contributed by atoms with Crippen molar-refractivity contribution in [3.05, 3.63) is 0 Å². The van der Waals surface area contributed by atoms with Crippen LogP contribution in [0.2, 0.25) is 0 Å². The minimum absolute atomic E-state index is 0.0667. The molecule has 6 fully saturated rings. The van der Waals surface area contributed by atoms with Crippen molar-refractivity contribution in [2.45, 2.75) is 25.0 Å². The second kappa shape index (κ2) is 1.92. The van der Waals surface area contributed by atoms with Crippen molar-refractivity contribution in [2.24, 2.45) is 35.5 Å². The molecule has 0 aromatic carbocycles. The Hall–Kier alpha value is -0.0800. The highest BCUT2D eigenvalue weighted by Gasteiger charge is 2.79. The average molecular weight is 192 g/mol. The summed E-state index contributed by atoms with van der Waals surface area (Å²) in [6.07, 6.45) is 4.36. The van der Waals surface area contributed by atoms with Crippen LogP contribution in [0, 0.1) is 35.5 Å². The van der Waals surface area contributed by atoms with Gasteiger partial charge in [0, 0.05) is 11.8 Å². The van der Waals surface area contributed by atoms with Gasteiger partial charge in [-0.2, -0.15) is 0 Å². The Bertz CT molecular complexity index is 285. The third kappa shape index (κ3) is 0.548. The molecule has 0 N–H and O–H groups in total. The van der Waals surface area contributed by atoms with Gasteiger partial charge in [-0.3, -0.25) is 0 Å². The standard InChI is InChI=1S/C12H16O2/c1-2-14-12(13-1)8-4-6-3-7-10(8)11(7)9(12)5-6/h6-11H,1-5H2/t6?,7?,8-,9+,10?,11?. The highest BCUT2D eigenvalue weighted by molar-refractivity contribution is 5.23. The van der Waals surface area contributed by atoms with Crippen LogP contribution in [0.1, 0.15) is 19.3 Å². The van der Waals surface area contributed by atoms with Crippen LogP contribution in [0.3, 0.4) is 0 Å². The van der Waals surface area contributed by atoms with Crippen molar-refractivity contribution in [1.29, 1.82) is 0 Å². The summed E-state index contributed by atoms with van der Waals surface area (Å²) >= 11 is 0. The molecule has 14 heavy (non-hydrogen) atoms. The molecule has 6 atom stereocenters. The second-order valence-corrected chi connectivity index (χ2v) is 6.02. The minimum Gasteiger partial charge on any atom is -0.347 e. The molecular formula is C12H16O2. The molecule has 0 amide bonds. The topological polar surface area (TPSA) is 18.5 Å². The van der Waals surface area contributed by atoms with E-state index in [-0.39, 0.29) is 5.79 Å². The highest BCUT2D eigenvalue weighted by atomic mass is 16.7. The van der Waals surface area contributed by atoms with Gasteiger partial charge in [0.2, 0.25) is 0 Å². The average Bonchev–Trinajstić information content (AvgIpc) is 2.70. The third-order valence-corrected chi connectivity index (χ3v) is 5.77. The monoisotopic (exact) mass is 192 g/mol. The molecule has 2 nitrogen and oxygen atoms in total. The second-order valence-electron chi connectivity index (χ2n) is 6.02. The molecule has 6 aliphatic rings. The fourth-order valence-corrected chi connectivity index (χ4v) is 5.59. The summed E-state index contributed by atoms with van der Waals surface area (Å²) in [5, 5.41) is 0. The number of ether oxygens (including phenoxy) is 2. The molecule has 4 bridgehead atoms. The molecule has 0 aromatic heterocycles. The Morgan fingerprint density at radius 3 is 2.14 bits per heavy atom. The van der Waals surface area contributed by atoms with E-state index in [1.54, 1.807) is 6.42 Å². The molecule has 1 heterocycles. The van der Waals surface area contributed by atoms with Gasteiger partial charge in [0.25, 0.3) is 0 Å². The van der Waals surface area contributed by atoms with E-state index < -0.39 is 0 Å². The van der Waals surface area contributed by atoms with E-state index in [0.29, 0.717) is 0 Å². The molecule has 1 saturated heterocycles. The first-order valence-electron chi connectivity index (χ1n) is 6.18. The van der Waals surface area contributed by atoms with E-state index in [1.807, 2.05) is 0 Å². The number of hydrogen-bond donors (Lipinski definition) is 0. The number of hydrogen-bond acceptors (Lipinski definition) is 2. The summed E-state index contributed by atoms with van der Waals surface area (Å²) < 4.78 is 12.0. The predicted molar refractivity (Wildman–Crippen MR) is 49.4 cm³/mol. The molecular weight excluding hydrogens is 176 g/mol. The van der Waals surface area contributed by atoms with E-state index >= 15 is 0 Å². The van der Waals surface area contributed by atoms with Gasteiger partial charge in [-0.25, -0.2) is 0 Å². The molecule has 1 spiro atoms. The van der Waals surface area contributed by atoms with Crippen LogP contribution in [-0.2, 0) is 9.47 Å². The van der Waals surface area contributed by atoms with Crippen molar-refractivity contribution < 1.29 is 9.47 Å². The zero-order valence-corrected chi connectivity index (χ0v) is 8.32. The Morgan fingerprint density at radius 1 is 0.857 bits per heavy atom. The first-order valence-corrected chi connectivity index (χ1v) is 6.18. The van der Waals surface area contributed by atoms with Crippen molar-refractivity contribution in [1.82, 2.24) is 0 Å². The molecule has 5 saturated carbocycles. The zero-order chi connectivity index (χ0) is 8.91. The van der Waals surface area contributed by atoms with Gasteiger partial charge in [0.05, 0.1) is 13.2 Å². The quantitative estimate of drug-likeness (QED) is 0.581. The summed E-state index contributed by atoms with van der Waals surface area (Å²) in [6.45, 7) is 1.70. The molecule has 6 rings (SSSR count). The van der Waals surface area contributed by atoms with Crippen LogP contribution >= 0.6 is 0 Å². The fourth-order valence-electron chi connectivity index (χ4n) is 5.59. The Balaban J connectivity index is 1.66. The summed E-state index contributed by atoms with van der Waals surface area (Å²) in [4.78, 5) is 0. The van der Waals surface area contributed by atoms with E-state index in [9.17, 15) is 0 Å². The molecule has 2 heteroatoms. The van der Waals surface area contributed by atoms with Crippen LogP contribution < -0.4 is 0 Å². The summed E-state index contributed by atoms with van der Waals surface area (Å²) in [5.41, 5.74) is 0. The van der Waals surface area contributed by atoms with Gasteiger partial charge >= 0.3 is 0 Å². The smallest absolute Gasteiger partial charge is 0.174 e. The predicted octanol–water partition coefficient (Wildman–Crippen LogP) is 1.65. The van der Waals surface area contributed by atoms with E-state index in [2.05, 4.69) is 0 Å². The van der Waals surface area contributed by atoms with Gasteiger partial charge in [0.1, 0.15) is 0 Å². The fraction of sp³-hybridized carbons (Fsp3) is 1.00. The maximum absolute atomic E-state index is 6.02. The lowest BCUT2D eigenvalue weighted by Gasteiger charge is -2.49. The summed E-state index contributed by atoms with van der Waals surface area (Å²) in [7, 11) is 0. The Morgan fingerprint density at radius 2 is 1.50 bits per heavy atom. The SMILES string of the molecule is C1COC2(O1)[C@@H]1CC3CC4C1C4[C@@H]2C3. The van der Waals surface area contributed by atoms with Crippen LogP contribution in [0.25, 0.3) is 0 Å². The Labute approximate surface area is 84.0 Å². The van der Waals surface area contributed by atoms with E-state index in [0.717, 1.165) is 48.7 Å². The molecule has 5 aliphatic carbocycles. The Kier molecular flexibility index (Phi) is 0.992. The van der Waals surface area contributed by atoms with Gasteiger partial charge in [0.15, 0.2) is 5.79 Å². The van der Waals surface area contributed by atoms with Gasteiger partial charge in [-0.1, -0.05) is 0 Å². The lowest BCUT2D eigenvalue weighted by atomic mass is 9.64. The van der Waals surface area contributed by atoms with Crippen molar-refractivity contribution in [2.75, 3.05) is 13.2 Å². The molecule has 1 aliphatic heterocycles. The van der Waals surface area contributed by atoms with E-state index in [4.69, 9.17) is 9.47 Å². The molecule has 4 unspecified atom stereocenters. The van der Waals surface area contributed by atoms with Crippen LogP contribution in [0.5, 0.6) is 0 Å². The summed E-state index contributed by atoms with van der Waals surface area (Å²) in [6, 6.07) is 0. The van der Waals surface area contributed by atoms with Gasteiger partial charge in [-0.05, 0) is 42.9 Å². The summed E-state index contributed by atoms with van der Waals surface area (Å²) in [5.74, 6) is 5.66. The van der Waals surface area contributed by atoms with Gasteiger partial charge < -0.3 is 9.47 Å². The third-order valence-electron chi connectivity index (χ3n) is 5.77. The first-order chi connectivity index (χ1) is 6.90. The van der Waals surface area contributed by atoms with Crippen LogP contribution in [0.4, 0.5) is 0 Å². The van der Waals surface area contributed by atoms with Crippen molar-refractivity contribution in [3.8, 4) is 0 Å². The number of rotatable bonds is 0. The minimum atomic E-state index is -0.0667. The molecule has 76 valence electrons. The van der Waals surface area contributed by atoms with E-state index in [1.165, 1.54) is 12.8 Å². The normalized spacial score (nSPS) is 65.1. The highest BCUT2D eigenvalue weighted by Crippen LogP contribution is 2.78. The van der Waals surface area contributed by atoms with Crippen molar-refractivity contribution in [3.63, 3.8) is 0 Å².